The number of hydrogen-bond donors (Lipinski definition) is 1. The number of hydrogen-bond acceptors (Lipinski definition) is 5. The molecule has 2 rings (SSSR count). The molecule has 1 unspecified atom stereocenters. The van der Waals surface area contributed by atoms with Gasteiger partial charge in [-0.25, -0.2) is 8.42 Å². The summed E-state index contributed by atoms with van der Waals surface area (Å²) in [5.41, 5.74) is 0.483. The summed E-state index contributed by atoms with van der Waals surface area (Å²) in [6.07, 6.45) is 2.02. The summed E-state index contributed by atoms with van der Waals surface area (Å²) < 4.78 is 29.2. The summed E-state index contributed by atoms with van der Waals surface area (Å²) in [6.45, 7) is -0.202. The predicted molar refractivity (Wildman–Crippen MR) is 85.6 cm³/mol. The van der Waals surface area contributed by atoms with Gasteiger partial charge in [0, 0.05) is 17.3 Å². The molecular weight excluding hydrogens is 344 g/mol. The van der Waals surface area contributed by atoms with Crippen LogP contribution in [0.15, 0.2) is 24.3 Å². The number of nitrogens with one attached hydrogen (secondary N) is 1. The number of amides is 1. The van der Waals surface area contributed by atoms with Crippen LogP contribution in [0.2, 0.25) is 5.02 Å². The van der Waals surface area contributed by atoms with Crippen molar-refractivity contribution >= 4 is 39.2 Å². The van der Waals surface area contributed by atoms with Crippen LogP contribution in [0.5, 0.6) is 0 Å². The standard InChI is InChI=1S/C14H17ClN2O5S/c1-23(20,21)17-7-3-6-12(17)14(19)22-9-13(18)16-11-5-2-4-10(15)8-11/h2,4-5,8,12H,3,6-7,9H2,1H3,(H,16,18). The van der Waals surface area contributed by atoms with Crippen molar-refractivity contribution in [3.05, 3.63) is 29.3 Å². The second-order valence-electron chi connectivity index (χ2n) is 5.20. The van der Waals surface area contributed by atoms with Crippen LogP contribution >= 0.6 is 11.6 Å². The summed E-state index contributed by atoms with van der Waals surface area (Å²) in [5, 5.41) is 3.00. The van der Waals surface area contributed by atoms with E-state index in [-0.39, 0.29) is 6.54 Å². The lowest BCUT2D eigenvalue weighted by atomic mass is 10.2. The lowest BCUT2D eigenvalue weighted by Crippen LogP contribution is -2.41. The van der Waals surface area contributed by atoms with E-state index < -0.39 is 34.5 Å². The number of ether oxygens (including phenoxy) is 1. The second-order valence-corrected chi connectivity index (χ2v) is 7.57. The van der Waals surface area contributed by atoms with E-state index >= 15 is 0 Å². The molecule has 0 saturated carbocycles. The van der Waals surface area contributed by atoms with Gasteiger partial charge in [-0.1, -0.05) is 17.7 Å². The van der Waals surface area contributed by atoms with Crippen LogP contribution in [0.25, 0.3) is 0 Å². The van der Waals surface area contributed by atoms with Crippen LogP contribution in [0.1, 0.15) is 12.8 Å². The van der Waals surface area contributed by atoms with Gasteiger partial charge in [0.15, 0.2) is 6.61 Å². The number of anilines is 1. The molecule has 1 heterocycles. The molecule has 7 nitrogen and oxygen atoms in total. The molecule has 1 aromatic rings. The SMILES string of the molecule is CS(=O)(=O)N1CCCC1C(=O)OCC(=O)Nc1cccc(Cl)c1. The molecule has 1 amide bonds. The maximum absolute atomic E-state index is 12.0. The zero-order chi connectivity index (χ0) is 17.0. The largest absolute Gasteiger partial charge is 0.454 e. The minimum atomic E-state index is -3.47. The Morgan fingerprint density at radius 1 is 1.43 bits per heavy atom. The molecule has 9 heteroatoms. The Morgan fingerprint density at radius 2 is 2.17 bits per heavy atom. The first kappa shape index (κ1) is 17.7. The quantitative estimate of drug-likeness (QED) is 0.797. The summed E-state index contributed by atoms with van der Waals surface area (Å²) in [6, 6.07) is 5.69. The van der Waals surface area contributed by atoms with Crippen molar-refractivity contribution in [2.45, 2.75) is 18.9 Å². The summed E-state index contributed by atoms with van der Waals surface area (Å²) in [5.74, 6) is -1.24. The van der Waals surface area contributed by atoms with E-state index in [1.807, 2.05) is 0 Å². The van der Waals surface area contributed by atoms with Crippen molar-refractivity contribution in [1.82, 2.24) is 4.31 Å². The topological polar surface area (TPSA) is 92.8 Å². The smallest absolute Gasteiger partial charge is 0.324 e. The number of benzene rings is 1. The Hall–Kier alpha value is -1.64. The number of carbonyl (C=O) groups is 2. The molecule has 1 aliphatic rings. The molecule has 126 valence electrons. The van der Waals surface area contributed by atoms with Gasteiger partial charge in [-0.2, -0.15) is 4.31 Å². The Labute approximate surface area is 139 Å². The number of carbonyl (C=O) groups excluding carboxylic acids is 2. The van der Waals surface area contributed by atoms with E-state index in [1.54, 1.807) is 24.3 Å². The molecule has 1 aliphatic heterocycles. The van der Waals surface area contributed by atoms with Gasteiger partial charge in [0.05, 0.1) is 6.26 Å². The van der Waals surface area contributed by atoms with Crippen LogP contribution in [0.4, 0.5) is 5.69 Å². The highest BCUT2D eigenvalue weighted by molar-refractivity contribution is 7.88. The monoisotopic (exact) mass is 360 g/mol. The second kappa shape index (κ2) is 7.29. The van der Waals surface area contributed by atoms with Crippen LogP contribution in [0.3, 0.4) is 0 Å². The first-order valence-corrected chi connectivity index (χ1v) is 9.19. The molecule has 1 saturated heterocycles. The minimum absolute atomic E-state index is 0.285. The molecule has 1 fully saturated rings. The lowest BCUT2D eigenvalue weighted by molar-refractivity contribution is -0.150. The van der Waals surface area contributed by atoms with Gasteiger partial charge in [0.1, 0.15) is 6.04 Å². The summed E-state index contributed by atoms with van der Waals surface area (Å²) in [4.78, 5) is 23.7. The molecule has 0 spiro atoms. The highest BCUT2D eigenvalue weighted by Crippen LogP contribution is 2.21. The predicted octanol–water partition coefficient (Wildman–Crippen LogP) is 1.25. The van der Waals surface area contributed by atoms with Crippen LogP contribution in [-0.4, -0.2) is 50.0 Å². The fraction of sp³-hybridized carbons (Fsp3) is 0.429. The normalized spacial score (nSPS) is 18.6. The van der Waals surface area contributed by atoms with E-state index in [1.165, 1.54) is 0 Å². The minimum Gasteiger partial charge on any atom is -0.454 e. The maximum Gasteiger partial charge on any atom is 0.324 e. The molecule has 23 heavy (non-hydrogen) atoms. The first-order chi connectivity index (χ1) is 10.8. The number of nitrogens with zero attached hydrogens (tertiary/aromatic N) is 1. The van der Waals surface area contributed by atoms with Gasteiger partial charge in [0.2, 0.25) is 10.0 Å². The highest BCUT2D eigenvalue weighted by atomic mass is 35.5. The Morgan fingerprint density at radius 3 is 2.83 bits per heavy atom. The molecule has 0 aliphatic carbocycles. The van der Waals surface area contributed by atoms with E-state index in [2.05, 4.69) is 5.32 Å². The molecular formula is C14H17ClN2O5S. The zero-order valence-corrected chi connectivity index (χ0v) is 14.1. The molecule has 0 aromatic heterocycles. The van der Waals surface area contributed by atoms with E-state index in [4.69, 9.17) is 16.3 Å². The van der Waals surface area contributed by atoms with Gasteiger partial charge < -0.3 is 10.1 Å². The Bertz CT molecular complexity index is 707. The van der Waals surface area contributed by atoms with Gasteiger partial charge >= 0.3 is 5.97 Å². The average Bonchev–Trinajstić information content (AvgIpc) is 2.94. The van der Waals surface area contributed by atoms with Crippen LogP contribution in [-0.2, 0) is 24.3 Å². The van der Waals surface area contributed by atoms with E-state index in [0.29, 0.717) is 23.6 Å². The molecule has 0 bridgehead atoms. The Balaban J connectivity index is 1.88. The molecule has 0 radical (unpaired) electrons. The van der Waals surface area contributed by atoms with Crippen molar-refractivity contribution in [2.24, 2.45) is 0 Å². The summed E-state index contributed by atoms with van der Waals surface area (Å²) in [7, 11) is -3.47. The van der Waals surface area contributed by atoms with E-state index in [9.17, 15) is 18.0 Å². The zero-order valence-electron chi connectivity index (χ0n) is 12.5. The number of esters is 1. The van der Waals surface area contributed by atoms with Crippen molar-refractivity contribution in [1.29, 1.82) is 0 Å². The molecule has 1 atom stereocenters. The fourth-order valence-electron chi connectivity index (χ4n) is 2.37. The van der Waals surface area contributed by atoms with Gasteiger partial charge in [-0.3, -0.25) is 9.59 Å². The van der Waals surface area contributed by atoms with Gasteiger partial charge in [-0.05, 0) is 31.0 Å². The van der Waals surface area contributed by atoms with Crippen molar-refractivity contribution in [2.75, 3.05) is 24.7 Å². The number of sulfonamides is 1. The first-order valence-electron chi connectivity index (χ1n) is 6.96. The van der Waals surface area contributed by atoms with Crippen LogP contribution < -0.4 is 5.32 Å². The maximum atomic E-state index is 12.0. The highest BCUT2D eigenvalue weighted by Gasteiger charge is 2.37. The van der Waals surface area contributed by atoms with Crippen molar-refractivity contribution < 1.29 is 22.7 Å². The van der Waals surface area contributed by atoms with Crippen molar-refractivity contribution in [3.63, 3.8) is 0 Å². The molecule has 1 aromatic carbocycles. The lowest BCUT2D eigenvalue weighted by Gasteiger charge is -2.20. The summed E-state index contributed by atoms with van der Waals surface area (Å²) >= 11 is 5.80. The number of rotatable bonds is 5. The Kier molecular flexibility index (Phi) is 5.61. The van der Waals surface area contributed by atoms with E-state index in [0.717, 1.165) is 10.6 Å². The van der Waals surface area contributed by atoms with Crippen molar-refractivity contribution in [3.8, 4) is 0 Å². The third-order valence-corrected chi connectivity index (χ3v) is 4.88. The third-order valence-electron chi connectivity index (χ3n) is 3.36. The van der Waals surface area contributed by atoms with Gasteiger partial charge in [0.25, 0.3) is 5.91 Å². The van der Waals surface area contributed by atoms with Gasteiger partial charge in [-0.15, -0.1) is 0 Å². The molecule has 1 N–H and O–H groups in total. The number of halogens is 1. The fourth-order valence-corrected chi connectivity index (χ4v) is 3.67. The van der Waals surface area contributed by atoms with Crippen LogP contribution in [0, 0.1) is 0 Å². The third kappa shape index (κ3) is 4.92. The average molecular weight is 361 g/mol.